The Bertz CT molecular complexity index is 480. The van der Waals surface area contributed by atoms with Crippen molar-refractivity contribution in [3.63, 3.8) is 0 Å². The number of hydrogen-bond acceptors (Lipinski definition) is 4. The van der Waals surface area contributed by atoms with Crippen LogP contribution in [0.25, 0.3) is 0 Å². The quantitative estimate of drug-likeness (QED) is 0.790. The number of carbonyl (C=O) groups is 1. The molecule has 0 aliphatic carbocycles. The molecule has 0 spiro atoms. The fourth-order valence-electron chi connectivity index (χ4n) is 1.99. The zero-order chi connectivity index (χ0) is 13.0. The van der Waals surface area contributed by atoms with Crippen LogP contribution in [0.1, 0.15) is 5.56 Å². The number of amides is 1. The molecule has 1 atom stereocenters. The molecule has 0 radical (unpaired) electrons. The van der Waals surface area contributed by atoms with Crippen molar-refractivity contribution in [2.75, 3.05) is 32.0 Å². The van der Waals surface area contributed by atoms with E-state index in [9.17, 15) is 4.79 Å². The van der Waals surface area contributed by atoms with Gasteiger partial charge in [0, 0.05) is 25.3 Å². The summed E-state index contributed by atoms with van der Waals surface area (Å²) in [6, 6.07) is 8.83. The fourth-order valence-corrected chi connectivity index (χ4v) is 1.99. The van der Waals surface area contributed by atoms with E-state index in [0.29, 0.717) is 17.8 Å². The van der Waals surface area contributed by atoms with Crippen LogP contribution in [-0.4, -0.2) is 43.5 Å². The van der Waals surface area contributed by atoms with Gasteiger partial charge in [0.05, 0.1) is 11.6 Å². The van der Waals surface area contributed by atoms with Crippen LogP contribution >= 0.6 is 0 Å². The van der Waals surface area contributed by atoms with Crippen LogP contribution in [0.2, 0.25) is 0 Å². The Morgan fingerprint density at radius 2 is 2.44 bits per heavy atom. The van der Waals surface area contributed by atoms with Crippen molar-refractivity contribution in [1.29, 1.82) is 5.26 Å². The summed E-state index contributed by atoms with van der Waals surface area (Å²) >= 11 is 0. The maximum Gasteiger partial charge on any atom is 0.243 e. The summed E-state index contributed by atoms with van der Waals surface area (Å²) in [6.45, 7) is 2.42. The number of nitriles is 1. The van der Waals surface area contributed by atoms with Gasteiger partial charge in [0.25, 0.3) is 0 Å². The van der Waals surface area contributed by atoms with Crippen LogP contribution in [0.3, 0.4) is 0 Å². The average molecular weight is 244 g/mol. The Kier molecular flexibility index (Phi) is 3.92. The third-order valence-corrected chi connectivity index (χ3v) is 3.07. The molecule has 1 heterocycles. The number of piperazine rings is 1. The summed E-state index contributed by atoms with van der Waals surface area (Å²) in [6.07, 6.45) is 0. The second kappa shape index (κ2) is 5.63. The van der Waals surface area contributed by atoms with Gasteiger partial charge in [-0.15, -0.1) is 0 Å². The van der Waals surface area contributed by atoms with Crippen LogP contribution < -0.4 is 10.6 Å². The number of rotatable bonds is 2. The van der Waals surface area contributed by atoms with Crippen molar-refractivity contribution in [2.24, 2.45) is 0 Å². The van der Waals surface area contributed by atoms with E-state index in [0.717, 1.165) is 13.1 Å². The third-order valence-electron chi connectivity index (χ3n) is 3.07. The first-order chi connectivity index (χ1) is 8.70. The zero-order valence-corrected chi connectivity index (χ0v) is 10.3. The van der Waals surface area contributed by atoms with E-state index in [-0.39, 0.29) is 11.9 Å². The summed E-state index contributed by atoms with van der Waals surface area (Å²) < 4.78 is 0. The smallest absolute Gasteiger partial charge is 0.243 e. The highest BCUT2D eigenvalue weighted by Gasteiger charge is 2.25. The first-order valence-electron chi connectivity index (χ1n) is 5.92. The monoisotopic (exact) mass is 244 g/mol. The van der Waals surface area contributed by atoms with Gasteiger partial charge in [0.15, 0.2) is 0 Å². The van der Waals surface area contributed by atoms with Gasteiger partial charge in [-0.25, -0.2) is 0 Å². The van der Waals surface area contributed by atoms with Gasteiger partial charge in [-0.2, -0.15) is 5.26 Å². The predicted octanol–water partition coefficient (Wildman–Crippen LogP) is 0.400. The van der Waals surface area contributed by atoms with E-state index in [1.807, 2.05) is 11.9 Å². The van der Waals surface area contributed by atoms with E-state index in [1.54, 1.807) is 24.3 Å². The van der Waals surface area contributed by atoms with Gasteiger partial charge in [-0.05, 0) is 25.2 Å². The standard InChI is InChI=1S/C13H16N4O/c1-17-6-5-15-9-12(17)13(18)16-11-4-2-3-10(7-11)8-14/h2-4,7,12,15H,5-6,9H2,1H3,(H,16,18). The van der Waals surface area contributed by atoms with Crippen molar-refractivity contribution >= 4 is 11.6 Å². The lowest BCUT2D eigenvalue weighted by atomic mass is 10.1. The molecule has 1 aliphatic heterocycles. The first kappa shape index (κ1) is 12.6. The Labute approximate surface area is 106 Å². The molecule has 0 aromatic heterocycles. The van der Waals surface area contributed by atoms with E-state index in [2.05, 4.69) is 16.7 Å². The normalized spacial score (nSPS) is 20.1. The van der Waals surface area contributed by atoms with Gasteiger partial charge < -0.3 is 10.6 Å². The molecule has 1 saturated heterocycles. The summed E-state index contributed by atoms with van der Waals surface area (Å²) in [5, 5.41) is 14.9. The van der Waals surface area contributed by atoms with Crippen LogP contribution in [0.15, 0.2) is 24.3 Å². The van der Waals surface area contributed by atoms with Gasteiger partial charge in [0.2, 0.25) is 5.91 Å². The molecular weight excluding hydrogens is 228 g/mol. The molecule has 1 aliphatic rings. The molecule has 94 valence electrons. The summed E-state index contributed by atoms with van der Waals surface area (Å²) in [4.78, 5) is 14.1. The highest BCUT2D eigenvalue weighted by atomic mass is 16.2. The lowest BCUT2D eigenvalue weighted by molar-refractivity contribution is -0.121. The second-order valence-electron chi connectivity index (χ2n) is 4.38. The van der Waals surface area contributed by atoms with Crippen molar-refractivity contribution in [1.82, 2.24) is 10.2 Å². The minimum absolute atomic E-state index is 0.0419. The molecule has 0 bridgehead atoms. The van der Waals surface area contributed by atoms with Crippen LogP contribution in [-0.2, 0) is 4.79 Å². The van der Waals surface area contributed by atoms with Crippen molar-refractivity contribution in [3.05, 3.63) is 29.8 Å². The number of carbonyl (C=O) groups excluding carboxylic acids is 1. The highest BCUT2D eigenvalue weighted by molar-refractivity contribution is 5.95. The Morgan fingerprint density at radius 3 is 3.17 bits per heavy atom. The SMILES string of the molecule is CN1CCNCC1C(=O)Nc1cccc(C#N)c1. The Balaban J connectivity index is 2.04. The van der Waals surface area contributed by atoms with E-state index in [1.165, 1.54) is 0 Å². The number of nitrogens with one attached hydrogen (secondary N) is 2. The highest BCUT2D eigenvalue weighted by Crippen LogP contribution is 2.11. The summed E-state index contributed by atoms with van der Waals surface area (Å²) in [5.41, 5.74) is 1.21. The number of likely N-dealkylation sites (N-methyl/N-ethyl adjacent to an activating group) is 1. The van der Waals surface area contributed by atoms with E-state index < -0.39 is 0 Å². The first-order valence-corrected chi connectivity index (χ1v) is 5.92. The van der Waals surface area contributed by atoms with Crippen molar-refractivity contribution in [3.8, 4) is 6.07 Å². The number of nitrogens with zero attached hydrogens (tertiary/aromatic N) is 2. The van der Waals surface area contributed by atoms with Gasteiger partial charge in [0.1, 0.15) is 6.04 Å². The van der Waals surface area contributed by atoms with Gasteiger partial charge in [-0.1, -0.05) is 6.07 Å². The molecule has 2 rings (SSSR count). The molecule has 0 saturated carbocycles. The lowest BCUT2D eigenvalue weighted by Crippen LogP contribution is -2.54. The Morgan fingerprint density at radius 1 is 1.61 bits per heavy atom. The average Bonchev–Trinajstić information content (AvgIpc) is 2.39. The molecule has 1 aromatic rings. The maximum absolute atomic E-state index is 12.1. The summed E-state index contributed by atoms with van der Waals surface area (Å²) in [5.74, 6) is -0.0419. The number of benzene rings is 1. The second-order valence-corrected chi connectivity index (χ2v) is 4.38. The number of hydrogen-bond donors (Lipinski definition) is 2. The van der Waals surface area contributed by atoms with Gasteiger partial charge in [-0.3, -0.25) is 9.69 Å². The Hall–Kier alpha value is -1.90. The maximum atomic E-state index is 12.1. The zero-order valence-electron chi connectivity index (χ0n) is 10.3. The molecule has 1 unspecified atom stereocenters. The molecule has 5 nitrogen and oxygen atoms in total. The van der Waals surface area contributed by atoms with E-state index >= 15 is 0 Å². The van der Waals surface area contributed by atoms with Crippen LogP contribution in [0, 0.1) is 11.3 Å². The van der Waals surface area contributed by atoms with E-state index in [4.69, 9.17) is 5.26 Å². The minimum atomic E-state index is -0.163. The van der Waals surface area contributed by atoms with Crippen LogP contribution in [0.4, 0.5) is 5.69 Å². The fraction of sp³-hybridized carbons (Fsp3) is 0.385. The molecule has 1 amide bonds. The molecule has 5 heteroatoms. The van der Waals surface area contributed by atoms with Gasteiger partial charge >= 0.3 is 0 Å². The molecular formula is C13H16N4O. The molecule has 1 aromatic carbocycles. The molecule has 18 heavy (non-hydrogen) atoms. The number of anilines is 1. The molecule has 2 N–H and O–H groups in total. The summed E-state index contributed by atoms with van der Waals surface area (Å²) in [7, 11) is 1.94. The van der Waals surface area contributed by atoms with Crippen molar-refractivity contribution < 1.29 is 4.79 Å². The van der Waals surface area contributed by atoms with Crippen LogP contribution in [0.5, 0.6) is 0 Å². The largest absolute Gasteiger partial charge is 0.325 e. The minimum Gasteiger partial charge on any atom is -0.325 e. The third kappa shape index (κ3) is 2.86. The predicted molar refractivity (Wildman–Crippen MR) is 69.1 cm³/mol. The topological polar surface area (TPSA) is 68.2 Å². The molecule has 1 fully saturated rings. The lowest BCUT2D eigenvalue weighted by Gasteiger charge is -2.31. The van der Waals surface area contributed by atoms with Crippen molar-refractivity contribution in [2.45, 2.75) is 6.04 Å².